The number of allylic oxidation sites excluding steroid dienone is 1. The molecule has 0 radical (unpaired) electrons. The summed E-state index contributed by atoms with van der Waals surface area (Å²) < 4.78 is 36.7. The number of thiazole rings is 1. The Morgan fingerprint density at radius 1 is 1.15 bits per heavy atom. The fraction of sp³-hybridized carbons (Fsp3) is 0.240. The highest BCUT2D eigenvalue weighted by atomic mass is 32.1. The van der Waals surface area contributed by atoms with Gasteiger partial charge in [-0.05, 0) is 37.6 Å². The summed E-state index contributed by atoms with van der Waals surface area (Å²) in [5.41, 5.74) is 2.09. The monoisotopic (exact) mass is 482 g/mol. The van der Waals surface area contributed by atoms with Crippen LogP contribution in [0.3, 0.4) is 0 Å². The summed E-state index contributed by atoms with van der Waals surface area (Å²) in [7, 11) is 0. The lowest BCUT2D eigenvalue weighted by Gasteiger charge is -2.26. The zero-order chi connectivity index (χ0) is 24.1. The van der Waals surface area contributed by atoms with Crippen molar-refractivity contribution in [2.75, 3.05) is 13.2 Å². The van der Waals surface area contributed by atoms with Gasteiger partial charge in [0.05, 0.1) is 23.0 Å². The zero-order valence-corrected chi connectivity index (χ0v) is 19.7. The minimum atomic E-state index is -0.671. The number of para-hydroxylation sites is 1. The Bertz CT molecular complexity index is 1280. The second kappa shape index (κ2) is 10.6. The van der Waals surface area contributed by atoms with Crippen molar-refractivity contribution in [1.82, 2.24) is 19.7 Å². The topological polar surface area (TPSA) is 60.2 Å². The highest BCUT2D eigenvalue weighted by Gasteiger charge is 2.22. The third-order valence-electron chi connectivity index (χ3n) is 5.13. The van der Waals surface area contributed by atoms with Crippen LogP contribution in [-0.4, -0.2) is 38.8 Å². The third kappa shape index (κ3) is 5.14. The lowest BCUT2D eigenvalue weighted by molar-refractivity contribution is -0.143. The second-order valence-corrected chi connectivity index (χ2v) is 8.51. The molecule has 0 atom stereocenters. The van der Waals surface area contributed by atoms with E-state index in [1.54, 1.807) is 28.9 Å². The van der Waals surface area contributed by atoms with Crippen LogP contribution in [0.2, 0.25) is 0 Å². The maximum absolute atomic E-state index is 14.4. The Kier molecular flexibility index (Phi) is 7.32. The largest absolute Gasteiger partial charge is 0.465 e. The highest BCUT2D eigenvalue weighted by Crippen LogP contribution is 2.28. The number of nitrogens with zero attached hydrogens (tertiary/aromatic N) is 4. The minimum Gasteiger partial charge on any atom is -0.465 e. The summed E-state index contributed by atoms with van der Waals surface area (Å²) in [5, 5.41) is 5.15. The van der Waals surface area contributed by atoms with E-state index in [2.05, 4.69) is 10.1 Å². The van der Waals surface area contributed by atoms with Crippen molar-refractivity contribution in [3.05, 3.63) is 83.7 Å². The van der Waals surface area contributed by atoms with E-state index in [-0.39, 0.29) is 25.3 Å². The van der Waals surface area contributed by atoms with E-state index in [9.17, 15) is 13.6 Å². The first kappa shape index (κ1) is 23.6. The number of rotatable bonds is 9. The van der Waals surface area contributed by atoms with Gasteiger partial charge in [0, 0.05) is 29.6 Å². The molecule has 6 nitrogen and oxygen atoms in total. The second-order valence-electron chi connectivity index (χ2n) is 7.50. The van der Waals surface area contributed by atoms with Crippen LogP contribution in [0.25, 0.3) is 21.0 Å². The quantitative estimate of drug-likeness (QED) is 0.292. The van der Waals surface area contributed by atoms with E-state index < -0.39 is 17.6 Å². The first-order chi connectivity index (χ1) is 16.5. The molecule has 2 aromatic heterocycles. The van der Waals surface area contributed by atoms with Gasteiger partial charge < -0.3 is 9.64 Å². The molecule has 2 heterocycles. The molecule has 4 aromatic rings. The van der Waals surface area contributed by atoms with Crippen LogP contribution in [0.1, 0.15) is 31.4 Å². The van der Waals surface area contributed by atoms with Crippen LogP contribution in [-0.2, 0) is 16.1 Å². The molecule has 0 aliphatic rings. The summed E-state index contributed by atoms with van der Waals surface area (Å²) in [6.07, 6.45) is 6.00. The maximum Gasteiger partial charge on any atom is 0.325 e. The van der Waals surface area contributed by atoms with Gasteiger partial charge in [-0.2, -0.15) is 5.10 Å². The summed E-state index contributed by atoms with van der Waals surface area (Å²) in [6, 6.07) is 11.5. The van der Waals surface area contributed by atoms with Crippen LogP contribution in [0.15, 0.2) is 60.9 Å². The van der Waals surface area contributed by atoms with Gasteiger partial charge in [-0.1, -0.05) is 42.5 Å². The van der Waals surface area contributed by atoms with E-state index in [4.69, 9.17) is 4.74 Å². The van der Waals surface area contributed by atoms with Crippen molar-refractivity contribution in [3.63, 3.8) is 0 Å². The zero-order valence-electron chi connectivity index (χ0n) is 18.9. The van der Waals surface area contributed by atoms with Crippen molar-refractivity contribution < 1.29 is 18.3 Å². The van der Waals surface area contributed by atoms with Crippen molar-refractivity contribution >= 4 is 33.2 Å². The number of esters is 1. The number of hydrogen-bond acceptors (Lipinski definition) is 6. The summed E-state index contributed by atoms with van der Waals surface area (Å²) >= 11 is 1.50. The number of aromatic nitrogens is 3. The van der Waals surface area contributed by atoms with E-state index in [1.165, 1.54) is 29.5 Å². The average molecular weight is 483 g/mol. The van der Waals surface area contributed by atoms with E-state index in [1.807, 2.05) is 37.3 Å². The summed E-state index contributed by atoms with van der Waals surface area (Å²) in [5.74, 6) is -1.83. The van der Waals surface area contributed by atoms with Crippen LogP contribution >= 0.6 is 11.3 Å². The molecule has 4 rings (SSSR count). The number of halogens is 2. The Morgan fingerprint density at radius 2 is 1.91 bits per heavy atom. The van der Waals surface area contributed by atoms with Crippen molar-refractivity contribution in [2.24, 2.45) is 0 Å². The molecule has 0 unspecified atom stereocenters. The van der Waals surface area contributed by atoms with Crippen LogP contribution < -0.4 is 0 Å². The van der Waals surface area contributed by atoms with Gasteiger partial charge in [-0.25, -0.2) is 18.4 Å². The molecule has 0 aliphatic carbocycles. The standard InChI is InChI=1S/C25H24F2N4O2S/c1-3-8-22(17-13-28-31(14-17)25-29-21-11-5-6-12-23(21)34-25)30(16-24(32)33-4-2)15-18-19(26)9-7-10-20(18)27/h5-14H,3-4,15-16H2,1-2H3/b22-8-. The Morgan fingerprint density at radius 3 is 2.62 bits per heavy atom. The molecule has 34 heavy (non-hydrogen) atoms. The molecular weight excluding hydrogens is 458 g/mol. The van der Waals surface area contributed by atoms with Gasteiger partial charge in [0.15, 0.2) is 0 Å². The first-order valence-corrected chi connectivity index (χ1v) is 11.8. The molecule has 0 amide bonds. The molecule has 0 bridgehead atoms. The summed E-state index contributed by atoms with van der Waals surface area (Å²) in [6.45, 7) is 3.56. The fourth-order valence-electron chi connectivity index (χ4n) is 3.60. The average Bonchev–Trinajstić information content (AvgIpc) is 3.46. The fourth-order valence-corrected chi connectivity index (χ4v) is 4.50. The normalized spacial score (nSPS) is 11.7. The first-order valence-electron chi connectivity index (χ1n) is 10.9. The molecule has 0 fully saturated rings. The molecule has 2 aromatic carbocycles. The van der Waals surface area contributed by atoms with E-state index >= 15 is 0 Å². The molecule has 0 spiro atoms. The molecule has 0 N–H and O–H groups in total. The van der Waals surface area contributed by atoms with Crippen LogP contribution in [0, 0.1) is 11.6 Å². The molecule has 0 saturated heterocycles. The van der Waals surface area contributed by atoms with Gasteiger partial charge >= 0.3 is 5.97 Å². The SMILES string of the molecule is CC/C=C(/c1cnn(-c2nc3ccccc3s2)c1)N(CC(=O)OCC)Cc1c(F)cccc1F. The Balaban J connectivity index is 1.70. The minimum absolute atomic E-state index is 0.118. The molecule has 0 aliphatic heterocycles. The molecule has 176 valence electrons. The number of benzene rings is 2. The highest BCUT2D eigenvalue weighted by molar-refractivity contribution is 7.20. The van der Waals surface area contributed by atoms with Crippen molar-refractivity contribution in [2.45, 2.75) is 26.8 Å². The van der Waals surface area contributed by atoms with Crippen molar-refractivity contribution in [1.29, 1.82) is 0 Å². The number of carbonyl (C=O) groups excluding carboxylic acids is 1. The van der Waals surface area contributed by atoms with E-state index in [0.29, 0.717) is 22.8 Å². The predicted molar refractivity (Wildman–Crippen MR) is 128 cm³/mol. The lowest BCUT2D eigenvalue weighted by atomic mass is 10.1. The van der Waals surface area contributed by atoms with Crippen LogP contribution in [0.4, 0.5) is 8.78 Å². The predicted octanol–water partition coefficient (Wildman–Crippen LogP) is 5.58. The molecule has 9 heteroatoms. The number of fused-ring (bicyclic) bond motifs is 1. The lowest BCUT2D eigenvalue weighted by Crippen LogP contribution is -2.30. The Hall–Kier alpha value is -3.59. The maximum atomic E-state index is 14.4. The molecular formula is C25H24F2N4O2S. The number of ether oxygens (including phenoxy) is 1. The summed E-state index contributed by atoms with van der Waals surface area (Å²) in [4.78, 5) is 18.6. The van der Waals surface area contributed by atoms with Gasteiger partial charge in [0.1, 0.15) is 18.2 Å². The van der Waals surface area contributed by atoms with Crippen LogP contribution in [0.5, 0.6) is 0 Å². The Labute approximate surface area is 200 Å². The van der Waals surface area contributed by atoms with Gasteiger partial charge in [-0.15, -0.1) is 0 Å². The van der Waals surface area contributed by atoms with E-state index in [0.717, 1.165) is 10.2 Å². The number of carbonyl (C=O) groups is 1. The van der Waals surface area contributed by atoms with Gasteiger partial charge in [-0.3, -0.25) is 4.79 Å². The number of hydrogen-bond donors (Lipinski definition) is 0. The third-order valence-corrected chi connectivity index (χ3v) is 6.16. The van der Waals surface area contributed by atoms with Gasteiger partial charge in [0.2, 0.25) is 5.13 Å². The van der Waals surface area contributed by atoms with Gasteiger partial charge in [0.25, 0.3) is 0 Å². The molecule has 0 saturated carbocycles. The smallest absolute Gasteiger partial charge is 0.325 e. The van der Waals surface area contributed by atoms with Crippen molar-refractivity contribution in [3.8, 4) is 5.13 Å².